The number of benzene rings is 2. The van der Waals surface area contributed by atoms with E-state index in [1.54, 1.807) is 31.2 Å². The van der Waals surface area contributed by atoms with Crippen molar-refractivity contribution in [1.29, 1.82) is 0 Å². The van der Waals surface area contributed by atoms with E-state index < -0.39 is 5.91 Å². The van der Waals surface area contributed by atoms with E-state index in [9.17, 15) is 9.18 Å². The number of nitrogens with one attached hydrogen (secondary N) is 2. The maximum Gasteiger partial charge on any atom is 0.255 e. The first-order chi connectivity index (χ1) is 13.9. The highest BCUT2D eigenvalue weighted by Crippen LogP contribution is 2.16. The van der Waals surface area contributed by atoms with Crippen LogP contribution in [0.15, 0.2) is 47.5 Å². The number of hydrogen-bond donors (Lipinski definition) is 3. The molecule has 0 bridgehead atoms. The number of nitrogens with two attached hydrogens (primary N) is 1. The molecule has 164 valence electrons. The second kappa shape index (κ2) is 13.0. The Morgan fingerprint density at radius 1 is 1.23 bits per heavy atom. The molecule has 8 heteroatoms. The van der Waals surface area contributed by atoms with Gasteiger partial charge in [-0.25, -0.2) is 4.39 Å². The van der Waals surface area contributed by atoms with Gasteiger partial charge in [0.1, 0.15) is 11.6 Å². The van der Waals surface area contributed by atoms with Crippen molar-refractivity contribution in [2.24, 2.45) is 10.7 Å². The number of ether oxygens (including phenoxy) is 1. The first-order valence-corrected chi connectivity index (χ1v) is 9.70. The predicted octanol–water partition coefficient (Wildman–Crippen LogP) is 3.48. The highest BCUT2D eigenvalue weighted by atomic mass is 127. The Balaban J connectivity index is 0.00000450. The van der Waals surface area contributed by atoms with Crippen LogP contribution < -0.4 is 21.1 Å². The number of primary amides is 1. The zero-order valence-corrected chi connectivity index (χ0v) is 19.9. The fraction of sp³-hybridized carbons (Fsp3) is 0.364. The fourth-order valence-corrected chi connectivity index (χ4v) is 2.69. The van der Waals surface area contributed by atoms with Crippen molar-refractivity contribution < 1.29 is 13.9 Å². The minimum atomic E-state index is -0.505. The van der Waals surface area contributed by atoms with Crippen molar-refractivity contribution in [3.8, 4) is 5.75 Å². The predicted molar refractivity (Wildman–Crippen MR) is 129 cm³/mol. The number of hydrogen-bond acceptors (Lipinski definition) is 3. The third kappa shape index (κ3) is 8.56. The average molecular weight is 528 g/mol. The van der Waals surface area contributed by atoms with Gasteiger partial charge < -0.3 is 21.1 Å². The Hall–Kier alpha value is -2.36. The van der Waals surface area contributed by atoms with Gasteiger partial charge in [0, 0.05) is 13.1 Å². The molecule has 0 aromatic heterocycles. The summed E-state index contributed by atoms with van der Waals surface area (Å²) in [6, 6.07) is 12.7. The van der Waals surface area contributed by atoms with E-state index >= 15 is 0 Å². The lowest BCUT2D eigenvalue weighted by atomic mass is 10.1. The van der Waals surface area contributed by atoms with Crippen molar-refractivity contribution in [1.82, 2.24) is 10.6 Å². The number of carbonyl (C=O) groups is 1. The van der Waals surface area contributed by atoms with Crippen LogP contribution in [0, 0.1) is 12.7 Å². The molecule has 2 aromatic carbocycles. The molecule has 0 aliphatic carbocycles. The number of halogens is 2. The average Bonchev–Trinajstić information content (AvgIpc) is 2.69. The standard InChI is InChI=1S/C22H29FN4O2.HI/c1-4-25-22(27-16(3)18-8-5-15(2)20(23)13-18)26-12-11-17-6-9-19(10-7-17)29-14-21(24)28;/h5-10,13,16H,4,11-12,14H2,1-3H3,(H2,24,28)(H2,25,26,27);1H. The van der Waals surface area contributed by atoms with Gasteiger partial charge in [0.05, 0.1) is 6.04 Å². The second-order valence-corrected chi connectivity index (χ2v) is 6.78. The van der Waals surface area contributed by atoms with Crippen molar-refractivity contribution >= 4 is 35.8 Å². The summed E-state index contributed by atoms with van der Waals surface area (Å²) in [5, 5.41) is 6.53. The van der Waals surface area contributed by atoms with Gasteiger partial charge >= 0.3 is 0 Å². The van der Waals surface area contributed by atoms with Crippen molar-refractivity contribution in [2.45, 2.75) is 33.2 Å². The SMILES string of the molecule is CCNC(=NCCc1ccc(OCC(N)=O)cc1)NC(C)c1ccc(C)c(F)c1.I. The van der Waals surface area contributed by atoms with Gasteiger partial charge in [-0.3, -0.25) is 9.79 Å². The van der Waals surface area contributed by atoms with Gasteiger partial charge in [0.25, 0.3) is 5.91 Å². The lowest BCUT2D eigenvalue weighted by Crippen LogP contribution is -2.38. The van der Waals surface area contributed by atoms with Gasteiger partial charge in [0.2, 0.25) is 0 Å². The largest absolute Gasteiger partial charge is 0.484 e. The molecule has 0 saturated carbocycles. The molecule has 0 heterocycles. The van der Waals surface area contributed by atoms with Crippen LogP contribution in [0.1, 0.15) is 36.6 Å². The van der Waals surface area contributed by atoms with E-state index in [1.165, 1.54) is 0 Å². The monoisotopic (exact) mass is 528 g/mol. The van der Waals surface area contributed by atoms with Crippen LogP contribution in [0.2, 0.25) is 0 Å². The van der Waals surface area contributed by atoms with Crippen molar-refractivity contribution in [3.63, 3.8) is 0 Å². The molecule has 2 rings (SSSR count). The molecular weight excluding hydrogens is 498 g/mol. The summed E-state index contributed by atoms with van der Waals surface area (Å²) in [5.41, 5.74) is 7.66. The molecule has 2 aromatic rings. The summed E-state index contributed by atoms with van der Waals surface area (Å²) < 4.78 is 19.1. The van der Waals surface area contributed by atoms with E-state index in [0.717, 1.165) is 24.1 Å². The lowest BCUT2D eigenvalue weighted by Gasteiger charge is -2.18. The van der Waals surface area contributed by atoms with Gasteiger partial charge in [-0.1, -0.05) is 24.3 Å². The Morgan fingerprint density at radius 2 is 1.93 bits per heavy atom. The number of nitrogens with zero attached hydrogens (tertiary/aromatic N) is 1. The second-order valence-electron chi connectivity index (χ2n) is 6.78. The Bertz CT molecular complexity index is 844. The normalized spacial score (nSPS) is 11.9. The fourth-order valence-electron chi connectivity index (χ4n) is 2.69. The lowest BCUT2D eigenvalue weighted by molar-refractivity contribution is -0.119. The van der Waals surface area contributed by atoms with Crippen molar-refractivity contribution in [3.05, 3.63) is 65.0 Å². The minimum Gasteiger partial charge on any atom is -0.484 e. The van der Waals surface area contributed by atoms with Crippen LogP contribution >= 0.6 is 24.0 Å². The first kappa shape index (κ1) is 25.7. The van der Waals surface area contributed by atoms with Gasteiger partial charge in [-0.2, -0.15) is 0 Å². The van der Waals surface area contributed by atoms with Crippen LogP contribution in [0.4, 0.5) is 4.39 Å². The van der Waals surface area contributed by atoms with Crippen LogP contribution in [-0.2, 0) is 11.2 Å². The third-order valence-corrected chi connectivity index (χ3v) is 4.37. The summed E-state index contributed by atoms with van der Waals surface area (Å²) in [7, 11) is 0. The van der Waals surface area contributed by atoms with Crippen LogP contribution in [0.3, 0.4) is 0 Å². The summed E-state index contributed by atoms with van der Waals surface area (Å²) in [6.45, 7) is 6.90. The first-order valence-electron chi connectivity index (χ1n) is 9.70. The number of guanidine groups is 1. The maximum absolute atomic E-state index is 13.8. The molecule has 30 heavy (non-hydrogen) atoms. The number of aliphatic imine (C=N–C) groups is 1. The molecule has 6 nitrogen and oxygen atoms in total. The smallest absolute Gasteiger partial charge is 0.255 e. The summed E-state index contributed by atoms with van der Waals surface area (Å²) in [6.07, 6.45) is 0.750. The Labute approximate surface area is 194 Å². The number of aryl methyl sites for hydroxylation is 1. The third-order valence-electron chi connectivity index (χ3n) is 4.37. The zero-order valence-electron chi connectivity index (χ0n) is 17.6. The minimum absolute atomic E-state index is 0. The van der Waals surface area contributed by atoms with E-state index in [2.05, 4.69) is 15.6 Å². The van der Waals surface area contributed by atoms with Crippen LogP contribution in [0.5, 0.6) is 5.75 Å². The topological polar surface area (TPSA) is 88.7 Å². The highest BCUT2D eigenvalue weighted by molar-refractivity contribution is 14.0. The molecule has 1 unspecified atom stereocenters. The van der Waals surface area contributed by atoms with Crippen LogP contribution in [0.25, 0.3) is 0 Å². The Kier molecular flexibility index (Phi) is 11.2. The molecular formula is C22H30FIN4O2. The van der Waals surface area contributed by atoms with Gasteiger partial charge in [0.15, 0.2) is 12.6 Å². The molecule has 0 aliphatic heterocycles. The Morgan fingerprint density at radius 3 is 2.53 bits per heavy atom. The van der Waals surface area contributed by atoms with E-state index in [1.807, 2.05) is 32.0 Å². The van der Waals surface area contributed by atoms with E-state index in [-0.39, 0.29) is 42.4 Å². The molecule has 0 fully saturated rings. The molecule has 1 atom stereocenters. The van der Waals surface area contributed by atoms with Crippen molar-refractivity contribution in [2.75, 3.05) is 19.7 Å². The molecule has 0 radical (unpaired) electrons. The molecule has 0 saturated heterocycles. The molecule has 0 aliphatic rings. The highest BCUT2D eigenvalue weighted by Gasteiger charge is 2.09. The molecule has 1 amide bonds. The van der Waals surface area contributed by atoms with Gasteiger partial charge in [-0.15, -0.1) is 24.0 Å². The maximum atomic E-state index is 13.8. The quantitative estimate of drug-likeness (QED) is 0.264. The summed E-state index contributed by atoms with van der Waals surface area (Å²) in [5.74, 6) is 0.573. The van der Waals surface area contributed by atoms with E-state index in [4.69, 9.17) is 10.5 Å². The van der Waals surface area contributed by atoms with Crippen LogP contribution in [-0.4, -0.2) is 31.6 Å². The van der Waals surface area contributed by atoms with Gasteiger partial charge in [-0.05, 0) is 62.1 Å². The number of rotatable bonds is 9. The van der Waals surface area contributed by atoms with E-state index in [0.29, 0.717) is 23.8 Å². The number of carbonyl (C=O) groups excluding carboxylic acids is 1. The zero-order chi connectivity index (χ0) is 21.2. The number of amides is 1. The molecule has 4 N–H and O–H groups in total. The summed E-state index contributed by atoms with van der Waals surface area (Å²) in [4.78, 5) is 15.4. The summed E-state index contributed by atoms with van der Waals surface area (Å²) >= 11 is 0. The molecule has 0 spiro atoms.